The Morgan fingerprint density at radius 2 is 2.11 bits per heavy atom. The third-order valence-corrected chi connectivity index (χ3v) is 3.10. The largest absolute Gasteiger partial charge is 0.481 e. The van der Waals surface area contributed by atoms with Gasteiger partial charge in [0, 0.05) is 6.07 Å². The van der Waals surface area contributed by atoms with Gasteiger partial charge in [0.25, 0.3) is 0 Å². The Bertz CT molecular complexity index is 542. The molecular weight excluding hydrogens is 238 g/mol. The second-order valence-electron chi connectivity index (χ2n) is 4.52. The summed E-state index contributed by atoms with van der Waals surface area (Å²) in [6, 6.07) is 10.5. The molecule has 100 valence electrons. The van der Waals surface area contributed by atoms with E-state index in [4.69, 9.17) is 4.74 Å². The van der Waals surface area contributed by atoms with Crippen LogP contribution >= 0.6 is 0 Å². The van der Waals surface area contributed by atoms with Gasteiger partial charge in [-0.25, -0.2) is 9.97 Å². The first-order chi connectivity index (χ1) is 9.22. The van der Waals surface area contributed by atoms with Crippen LogP contribution in [0.2, 0.25) is 0 Å². The maximum absolute atomic E-state index is 5.14. The zero-order valence-corrected chi connectivity index (χ0v) is 11.6. The Morgan fingerprint density at radius 3 is 2.79 bits per heavy atom. The van der Waals surface area contributed by atoms with Gasteiger partial charge in [-0.15, -0.1) is 0 Å². The summed E-state index contributed by atoms with van der Waals surface area (Å²) in [4.78, 5) is 8.36. The lowest BCUT2D eigenvalue weighted by Gasteiger charge is -2.16. The van der Waals surface area contributed by atoms with Crippen molar-refractivity contribution in [2.75, 3.05) is 14.2 Å². The van der Waals surface area contributed by atoms with Crippen molar-refractivity contribution in [1.29, 1.82) is 0 Å². The van der Waals surface area contributed by atoms with E-state index in [1.807, 2.05) is 13.1 Å². The summed E-state index contributed by atoms with van der Waals surface area (Å²) in [5, 5.41) is 3.29. The van der Waals surface area contributed by atoms with E-state index in [1.165, 1.54) is 17.5 Å². The average molecular weight is 257 g/mol. The van der Waals surface area contributed by atoms with Crippen LogP contribution in [0.3, 0.4) is 0 Å². The van der Waals surface area contributed by atoms with Crippen LogP contribution in [-0.4, -0.2) is 24.1 Å². The van der Waals surface area contributed by atoms with E-state index in [0.717, 1.165) is 12.1 Å². The van der Waals surface area contributed by atoms with Gasteiger partial charge in [-0.1, -0.05) is 29.8 Å². The third-order valence-electron chi connectivity index (χ3n) is 3.10. The minimum absolute atomic E-state index is 0.152. The van der Waals surface area contributed by atoms with Gasteiger partial charge in [-0.2, -0.15) is 0 Å². The highest BCUT2D eigenvalue weighted by molar-refractivity contribution is 5.25. The fraction of sp³-hybridized carbons (Fsp3) is 0.333. The van der Waals surface area contributed by atoms with Crippen LogP contribution in [0.5, 0.6) is 5.88 Å². The van der Waals surface area contributed by atoms with Crippen molar-refractivity contribution in [3.63, 3.8) is 0 Å². The Morgan fingerprint density at radius 1 is 1.26 bits per heavy atom. The summed E-state index contributed by atoms with van der Waals surface area (Å²) in [6.45, 7) is 2.10. The van der Waals surface area contributed by atoms with Crippen LogP contribution in [-0.2, 0) is 6.42 Å². The number of likely N-dealkylation sites (N-methyl/N-ethyl adjacent to an activating group) is 1. The molecule has 1 N–H and O–H groups in total. The zero-order chi connectivity index (χ0) is 13.7. The summed E-state index contributed by atoms with van der Waals surface area (Å²) >= 11 is 0. The first kappa shape index (κ1) is 13.5. The van der Waals surface area contributed by atoms with Crippen LogP contribution in [0, 0.1) is 6.92 Å². The van der Waals surface area contributed by atoms with Crippen LogP contribution in [0.15, 0.2) is 36.7 Å². The zero-order valence-electron chi connectivity index (χ0n) is 11.6. The summed E-state index contributed by atoms with van der Waals surface area (Å²) in [5.41, 5.74) is 3.50. The molecule has 19 heavy (non-hydrogen) atoms. The molecule has 2 rings (SSSR count). The molecule has 0 spiro atoms. The predicted octanol–water partition coefficient (Wildman–Crippen LogP) is 2.30. The predicted molar refractivity (Wildman–Crippen MR) is 75.3 cm³/mol. The molecule has 0 saturated heterocycles. The second kappa shape index (κ2) is 6.29. The number of aryl methyl sites for hydroxylation is 1. The summed E-state index contributed by atoms with van der Waals surface area (Å²) < 4.78 is 5.14. The molecule has 1 atom stereocenters. The SMILES string of the molecule is CNC(Cc1cccc(C)c1)c1cc(OC)ncn1. The second-order valence-corrected chi connectivity index (χ2v) is 4.52. The molecule has 0 fully saturated rings. The molecule has 2 aromatic rings. The Balaban J connectivity index is 2.19. The normalized spacial score (nSPS) is 12.2. The number of ether oxygens (including phenoxy) is 1. The number of methoxy groups -OCH3 is 1. The minimum atomic E-state index is 0.152. The van der Waals surface area contributed by atoms with Crippen molar-refractivity contribution in [2.45, 2.75) is 19.4 Å². The molecule has 0 saturated carbocycles. The highest BCUT2D eigenvalue weighted by Gasteiger charge is 2.13. The molecule has 1 aromatic carbocycles. The lowest BCUT2D eigenvalue weighted by molar-refractivity contribution is 0.394. The van der Waals surface area contributed by atoms with Gasteiger partial charge in [0.15, 0.2) is 0 Å². The molecule has 0 aliphatic carbocycles. The standard InChI is InChI=1S/C15H19N3O/c1-11-5-4-6-12(7-11)8-13(16-2)14-9-15(19-3)18-10-17-14/h4-7,9-10,13,16H,8H2,1-3H3. The molecule has 0 bridgehead atoms. The topological polar surface area (TPSA) is 47.0 Å². The van der Waals surface area contributed by atoms with E-state index in [-0.39, 0.29) is 6.04 Å². The van der Waals surface area contributed by atoms with Crippen molar-refractivity contribution in [3.8, 4) is 5.88 Å². The summed E-state index contributed by atoms with van der Waals surface area (Å²) in [6.07, 6.45) is 2.42. The Labute approximate surface area is 113 Å². The van der Waals surface area contributed by atoms with Gasteiger partial charge in [0.1, 0.15) is 6.33 Å². The number of benzene rings is 1. The molecular formula is C15H19N3O. The summed E-state index contributed by atoms with van der Waals surface area (Å²) in [5.74, 6) is 0.592. The number of nitrogens with zero attached hydrogens (tertiary/aromatic N) is 2. The van der Waals surface area contributed by atoms with Gasteiger partial charge in [-0.05, 0) is 26.0 Å². The van der Waals surface area contributed by atoms with E-state index in [9.17, 15) is 0 Å². The molecule has 0 amide bonds. The lowest BCUT2D eigenvalue weighted by atomic mass is 10.0. The Hall–Kier alpha value is -1.94. The van der Waals surface area contributed by atoms with Crippen LogP contribution in [0.1, 0.15) is 22.9 Å². The lowest BCUT2D eigenvalue weighted by Crippen LogP contribution is -2.20. The molecule has 0 aliphatic heterocycles. The van der Waals surface area contributed by atoms with E-state index < -0.39 is 0 Å². The van der Waals surface area contributed by atoms with Crippen molar-refractivity contribution in [3.05, 3.63) is 53.5 Å². The number of aromatic nitrogens is 2. The molecule has 1 heterocycles. The van der Waals surface area contributed by atoms with Crippen LogP contribution in [0.4, 0.5) is 0 Å². The van der Waals surface area contributed by atoms with E-state index >= 15 is 0 Å². The smallest absolute Gasteiger partial charge is 0.216 e. The van der Waals surface area contributed by atoms with Crippen molar-refractivity contribution in [1.82, 2.24) is 15.3 Å². The van der Waals surface area contributed by atoms with Gasteiger partial charge in [0.2, 0.25) is 5.88 Å². The molecule has 0 aliphatic rings. The third kappa shape index (κ3) is 3.51. The van der Waals surface area contributed by atoms with E-state index in [1.54, 1.807) is 7.11 Å². The molecule has 0 radical (unpaired) electrons. The molecule has 1 unspecified atom stereocenters. The first-order valence-electron chi connectivity index (χ1n) is 6.31. The molecule has 4 heteroatoms. The highest BCUT2D eigenvalue weighted by Crippen LogP contribution is 2.19. The molecule has 4 nitrogen and oxygen atoms in total. The number of hydrogen-bond acceptors (Lipinski definition) is 4. The monoisotopic (exact) mass is 257 g/mol. The fourth-order valence-corrected chi connectivity index (χ4v) is 2.09. The fourth-order valence-electron chi connectivity index (χ4n) is 2.09. The van der Waals surface area contributed by atoms with Crippen molar-refractivity contribution < 1.29 is 4.74 Å². The number of rotatable bonds is 5. The van der Waals surface area contributed by atoms with Gasteiger partial charge in [-0.3, -0.25) is 0 Å². The van der Waals surface area contributed by atoms with Crippen molar-refractivity contribution in [2.24, 2.45) is 0 Å². The maximum Gasteiger partial charge on any atom is 0.216 e. The van der Waals surface area contributed by atoms with Crippen LogP contribution < -0.4 is 10.1 Å². The minimum Gasteiger partial charge on any atom is -0.481 e. The first-order valence-corrected chi connectivity index (χ1v) is 6.31. The van der Waals surface area contributed by atoms with Crippen molar-refractivity contribution >= 4 is 0 Å². The number of nitrogens with one attached hydrogen (secondary N) is 1. The highest BCUT2D eigenvalue weighted by atomic mass is 16.5. The van der Waals surface area contributed by atoms with E-state index in [0.29, 0.717) is 5.88 Å². The Kier molecular flexibility index (Phi) is 4.47. The van der Waals surface area contributed by atoms with Gasteiger partial charge < -0.3 is 10.1 Å². The quantitative estimate of drug-likeness (QED) is 0.892. The van der Waals surface area contributed by atoms with Crippen LogP contribution in [0.25, 0.3) is 0 Å². The maximum atomic E-state index is 5.14. The summed E-state index contributed by atoms with van der Waals surface area (Å²) in [7, 11) is 3.55. The molecule has 1 aromatic heterocycles. The van der Waals surface area contributed by atoms with Gasteiger partial charge in [0.05, 0.1) is 18.8 Å². The van der Waals surface area contributed by atoms with E-state index in [2.05, 4.69) is 46.5 Å². The average Bonchev–Trinajstić information content (AvgIpc) is 2.45. The number of hydrogen-bond donors (Lipinski definition) is 1. The van der Waals surface area contributed by atoms with Gasteiger partial charge >= 0.3 is 0 Å².